The molecule has 17 heavy (non-hydrogen) atoms. The molecule has 0 bridgehead atoms. The topological polar surface area (TPSA) is 45.8 Å². The molecule has 0 radical (unpaired) electrons. The maximum atomic E-state index is 13.2. The number of benzene rings is 1. The largest absolute Gasteiger partial charge is 0.304 e. The van der Waals surface area contributed by atoms with E-state index in [-0.39, 0.29) is 5.69 Å². The van der Waals surface area contributed by atoms with E-state index in [1.807, 2.05) is 32.0 Å². The van der Waals surface area contributed by atoms with Gasteiger partial charge in [0.05, 0.1) is 5.69 Å². The van der Waals surface area contributed by atoms with Crippen LogP contribution in [0, 0.1) is 26.6 Å². The van der Waals surface area contributed by atoms with Crippen molar-refractivity contribution in [3.8, 4) is 11.4 Å². The Morgan fingerprint density at radius 2 is 1.94 bits per heavy atom. The molecule has 2 aromatic rings. The Morgan fingerprint density at radius 3 is 2.59 bits per heavy atom. The average molecular weight is 232 g/mol. The van der Waals surface area contributed by atoms with Gasteiger partial charge in [0.15, 0.2) is 0 Å². The van der Waals surface area contributed by atoms with Crippen LogP contribution in [0.2, 0.25) is 0 Å². The summed E-state index contributed by atoms with van der Waals surface area (Å²) >= 11 is 0. The van der Waals surface area contributed by atoms with Crippen LogP contribution in [-0.2, 0) is 0 Å². The molecule has 0 aliphatic carbocycles. The van der Waals surface area contributed by atoms with Gasteiger partial charge < -0.3 is 4.98 Å². The molecular formula is C13H13FN2O. The van der Waals surface area contributed by atoms with Crippen LogP contribution in [0.4, 0.5) is 4.39 Å². The third-order valence-electron chi connectivity index (χ3n) is 2.89. The number of aromatic nitrogens is 2. The first-order valence-electron chi connectivity index (χ1n) is 5.33. The number of nitrogens with zero attached hydrogens (tertiary/aromatic N) is 1. The van der Waals surface area contributed by atoms with Gasteiger partial charge in [-0.1, -0.05) is 18.2 Å². The van der Waals surface area contributed by atoms with Crippen LogP contribution in [0.5, 0.6) is 0 Å². The molecule has 0 saturated heterocycles. The molecule has 4 heteroatoms. The van der Waals surface area contributed by atoms with E-state index in [9.17, 15) is 9.18 Å². The van der Waals surface area contributed by atoms with Gasteiger partial charge in [0.25, 0.3) is 5.56 Å². The van der Waals surface area contributed by atoms with Crippen molar-refractivity contribution in [3.05, 3.63) is 51.2 Å². The van der Waals surface area contributed by atoms with Crippen LogP contribution in [-0.4, -0.2) is 9.97 Å². The number of H-pyrrole nitrogens is 1. The number of nitrogens with one attached hydrogen (secondary N) is 1. The molecule has 0 aliphatic rings. The highest BCUT2D eigenvalue weighted by Crippen LogP contribution is 2.21. The summed E-state index contributed by atoms with van der Waals surface area (Å²) in [5, 5.41) is 0. The predicted octanol–water partition coefficient (Wildman–Crippen LogP) is 2.50. The monoisotopic (exact) mass is 232 g/mol. The molecule has 88 valence electrons. The van der Waals surface area contributed by atoms with Gasteiger partial charge >= 0.3 is 0 Å². The minimum atomic E-state index is -0.820. The smallest absolute Gasteiger partial charge is 0.287 e. The second kappa shape index (κ2) is 4.13. The van der Waals surface area contributed by atoms with E-state index in [0.717, 1.165) is 16.7 Å². The number of halogens is 1. The van der Waals surface area contributed by atoms with E-state index in [1.54, 1.807) is 0 Å². The van der Waals surface area contributed by atoms with Crippen molar-refractivity contribution in [2.75, 3.05) is 0 Å². The highest BCUT2D eigenvalue weighted by Gasteiger charge is 2.10. The molecule has 1 aromatic heterocycles. The summed E-state index contributed by atoms with van der Waals surface area (Å²) in [6, 6.07) is 5.72. The fraction of sp³-hybridized carbons (Fsp3) is 0.231. The lowest BCUT2D eigenvalue weighted by molar-refractivity contribution is 0.589. The van der Waals surface area contributed by atoms with Crippen LogP contribution < -0.4 is 5.56 Å². The zero-order valence-electron chi connectivity index (χ0n) is 9.97. The second-order valence-corrected chi connectivity index (χ2v) is 4.06. The first kappa shape index (κ1) is 11.5. The lowest BCUT2D eigenvalue weighted by atomic mass is 10.0. The van der Waals surface area contributed by atoms with Crippen molar-refractivity contribution in [1.82, 2.24) is 9.97 Å². The predicted molar refractivity (Wildman–Crippen MR) is 64.5 cm³/mol. The van der Waals surface area contributed by atoms with Gasteiger partial charge in [-0.15, -0.1) is 0 Å². The zero-order chi connectivity index (χ0) is 12.6. The fourth-order valence-corrected chi connectivity index (χ4v) is 1.71. The van der Waals surface area contributed by atoms with Crippen molar-refractivity contribution >= 4 is 0 Å². The van der Waals surface area contributed by atoms with Crippen molar-refractivity contribution in [1.29, 1.82) is 0 Å². The molecule has 0 unspecified atom stereocenters. The van der Waals surface area contributed by atoms with E-state index in [0.29, 0.717) is 5.82 Å². The highest BCUT2D eigenvalue weighted by molar-refractivity contribution is 5.61. The highest BCUT2D eigenvalue weighted by atomic mass is 19.1. The Bertz CT molecular complexity index is 632. The summed E-state index contributed by atoms with van der Waals surface area (Å²) in [6.07, 6.45) is 0. The number of aryl methyl sites for hydroxylation is 2. The number of hydrogen-bond acceptors (Lipinski definition) is 2. The first-order chi connectivity index (χ1) is 8.00. The molecular weight excluding hydrogens is 219 g/mol. The molecule has 0 atom stereocenters. The Kier molecular flexibility index (Phi) is 2.79. The van der Waals surface area contributed by atoms with Gasteiger partial charge in [-0.25, -0.2) is 4.98 Å². The molecule has 0 fully saturated rings. The van der Waals surface area contributed by atoms with E-state index < -0.39 is 11.4 Å². The number of rotatable bonds is 1. The van der Waals surface area contributed by atoms with E-state index in [4.69, 9.17) is 0 Å². The lowest BCUT2D eigenvalue weighted by Gasteiger charge is -2.08. The lowest BCUT2D eigenvalue weighted by Crippen LogP contribution is -2.15. The van der Waals surface area contributed by atoms with Crippen LogP contribution in [0.25, 0.3) is 11.4 Å². The van der Waals surface area contributed by atoms with Crippen LogP contribution in [0.1, 0.15) is 16.8 Å². The van der Waals surface area contributed by atoms with Gasteiger partial charge in [0.2, 0.25) is 5.82 Å². The van der Waals surface area contributed by atoms with Crippen molar-refractivity contribution < 1.29 is 4.39 Å². The fourth-order valence-electron chi connectivity index (χ4n) is 1.71. The van der Waals surface area contributed by atoms with Gasteiger partial charge in [-0.05, 0) is 31.9 Å². The van der Waals surface area contributed by atoms with Crippen molar-refractivity contribution in [3.63, 3.8) is 0 Å². The van der Waals surface area contributed by atoms with E-state index in [2.05, 4.69) is 9.97 Å². The van der Waals surface area contributed by atoms with Gasteiger partial charge in [0.1, 0.15) is 5.82 Å². The Hall–Kier alpha value is -1.97. The average Bonchev–Trinajstić information content (AvgIpc) is 2.29. The third kappa shape index (κ3) is 1.98. The van der Waals surface area contributed by atoms with Gasteiger partial charge in [-0.3, -0.25) is 4.79 Å². The number of aromatic amines is 1. The van der Waals surface area contributed by atoms with Crippen molar-refractivity contribution in [2.24, 2.45) is 0 Å². The third-order valence-corrected chi connectivity index (χ3v) is 2.89. The molecule has 1 aromatic carbocycles. The molecule has 2 rings (SSSR count). The van der Waals surface area contributed by atoms with Gasteiger partial charge in [0, 0.05) is 5.56 Å². The Labute approximate surface area is 98.3 Å². The first-order valence-corrected chi connectivity index (χ1v) is 5.33. The minimum absolute atomic E-state index is 0.115. The minimum Gasteiger partial charge on any atom is -0.304 e. The number of hydrogen-bond donors (Lipinski definition) is 1. The molecule has 0 amide bonds. The van der Waals surface area contributed by atoms with E-state index >= 15 is 0 Å². The summed E-state index contributed by atoms with van der Waals surface area (Å²) < 4.78 is 13.2. The van der Waals surface area contributed by atoms with Crippen LogP contribution >= 0.6 is 0 Å². The summed E-state index contributed by atoms with van der Waals surface area (Å²) in [6.45, 7) is 5.41. The summed E-state index contributed by atoms with van der Waals surface area (Å²) in [5.41, 5.74) is 2.34. The summed E-state index contributed by atoms with van der Waals surface area (Å²) in [5.74, 6) is -0.408. The molecule has 3 nitrogen and oxygen atoms in total. The molecule has 1 heterocycles. The SMILES string of the molecule is Cc1cccc(-c2nc(C)c(F)c(=O)[nH]2)c1C. The quantitative estimate of drug-likeness (QED) is 0.821. The molecule has 0 aliphatic heterocycles. The summed E-state index contributed by atoms with van der Waals surface area (Å²) in [7, 11) is 0. The Balaban J connectivity index is 2.70. The molecule has 0 spiro atoms. The summed E-state index contributed by atoms with van der Waals surface area (Å²) in [4.78, 5) is 17.9. The molecule has 1 N–H and O–H groups in total. The standard InChI is InChI=1S/C13H13FN2O/c1-7-5-4-6-10(8(7)2)12-15-9(3)11(14)13(17)16-12/h4-6H,1-3H3,(H,15,16,17). The second-order valence-electron chi connectivity index (χ2n) is 4.06. The normalized spacial score (nSPS) is 10.6. The zero-order valence-corrected chi connectivity index (χ0v) is 9.97. The van der Waals surface area contributed by atoms with Crippen molar-refractivity contribution in [2.45, 2.75) is 20.8 Å². The maximum absolute atomic E-state index is 13.2. The van der Waals surface area contributed by atoms with Crippen LogP contribution in [0.3, 0.4) is 0 Å². The van der Waals surface area contributed by atoms with Gasteiger partial charge in [-0.2, -0.15) is 4.39 Å². The maximum Gasteiger partial charge on any atom is 0.287 e. The van der Waals surface area contributed by atoms with E-state index in [1.165, 1.54) is 6.92 Å². The Morgan fingerprint density at radius 1 is 1.24 bits per heavy atom. The van der Waals surface area contributed by atoms with Crippen LogP contribution in [0.15, 0.2) is 23.0 Å². The molecule has 0 saturated carbocycles.